The van der Waals surface area contributed by atoms with Crippen molar-refractivity contribution in [1.29, 1.82) is 0 Å². The van der Waals surface area contributed by atoms with Crippen LogP contribution in [0.3, 0.4) is 0 Å². The Kier molecular flexibility index (Phi) is 7.41. The summed E-state index contributed by atoms with van der Waals surface area (Å²) in [5.41, 5.74) is 0.986. The van der Waals surface area contributed by atoms with Gasteiger partial charge in [0.05, 0.1) is 17.6 Å². The lowest BCUT2D eigenvalue weighted by Crippen LogP contribution is -2.08. The van der Waals surface area contributed by atoms with Crippen molar-refractivity contribution in [1.82, 2.24) is 4.57 Å². The molecule has 31 heavy (non-hydrogen) atoms. The maximum absolute atomic E-state index is 12.2. The minimum atomic E-state index is -0.628. The SMILES string of the molecule is COc1ccc2c(c1)c(N=NC(=O)COc1ccc(Cl)cc1Cl)c(O)n2CCC(C)C. The van der Waals surface area contributed by atoms with Gasteiger partial charge in [-0.25, -0.2) is 0 Å². The lowest BCUT2D eigenvalue weighted by molar-refractivity contribution is -0.120. The molecule has 0 aliphatic rings. The first-order chi connectivity index (χ1) is 14.8. The van der Waals surface area contributed by atoms with Crippen molar-refractivity contribution in [2.24, 2.45) is 16.1 Å². The van der Waals surface area contributed by atoms with Crippen molar-refractivity contribution in [3.05, 3.63) is 46.4 Å². The van der Waals surface area contributed by atoms with Gasteiger partial charge in [-0.05, 0) is 48.7 Å². The number of carbonyl (C=O) groups is 1. The monoisotopic (exact) mass is 463 g/mol. The number of azo groups is 1. The molecule has 0 atom stereocenters. The first-order valence-corrected chi connectivity index (χ1v) is 10.5. The number of aromatic nitrogens is 1. The molecule has 0 aliphatic carbocycles. The summed E-state index contributed by atoms with van der Waals surface area (Å²) < 4.78 is 12.4. The number of aryl methyl sites for hydroxylation is 1. The Bertz CT molecular complexity index is 1130. The van der Waals surface area contributed by atoms with Gasteiger partial charge in [0, 0.05) is 17.0 Å². The minimum Gasteiger partial charge on any atom is -0.497 e. The molecule has 0 radical (unpaired) electrons. The Morgan fingerprint density at radius 3 is 2.65 bits per heavy atom. The third kappa shape index (κ3) is 5.48. The van der Waals surface area contributed by atoms with Crippen molar-refractivity contribution >= 4 is 45.7 Å². The first-order valence-electron chi connectivity index (χ1n) is 9.71. The average Bonchev–Trinajstić information content (AvgIpc) is 2.99. The largest absolute Gasteiger partial charge is 0.497 e. The van der Waals surface area contributed by atoms with E-state index in [1.54, 1.807) is 29.9 Å². The van der Waals surface area contributed by atoms with Crippen LogP contribution in [0.25, 0.3) is 10.9 Å². The Morgan fingerprint density at radius 2 is 1.97 bits per heavy atom. The second-order valence-corrected chi connectivity index (χ2v) is 8.19. The summed E-state index contributed by atoms with van der Waals surface area (Å²) in [7, 11) is 1.56. The summed E-state index contributed by atoms with van der Waals surface area (Å²) in [6.07, 6.45) is 0.870. The van der Waals surface area contributed by atoms with E-state index in [2.05, 4.69) is 24.1 Å². The number of nitrogens with zero attached hydrogens (tertiary/aromatic N) is 3. The topological polar surface area (TPSA) is 85.4 Å². The third-order valence-electron chi connectivity index (χ3n) is 4.65. The van der Waals surface area contributed by atoms with Gasteiger partial charge in [-0.15, -0.1) is 10.2 Å². The molecule has 1 amide bonds. The molecule has 0 unspecified atom stereocenters. The quantitative estimate of drug-likeness (QED) is 0.391. The highest BCUT2D eigenvalue weighted by Gasteiger charge is 2.18. The van der Waals surface area contributed by atoms with Gasteiger partial charge < -0.3 is 19.1 Å². The number of halogens is 2. The van der Waals surface area contributed by atoms with Crippen LogP contribution < -0.4 is 9.47 Å². The van der Waals surface area contributed by atoms with E-state index in [1.807, 2.05) is 12.1 Å². The number of ether oxygens (including phenoxy) is 2. The van der Waals surface area contributed by atoms with Crippen LogP contribution in [0.4, 0.5) is 5.69 Å². The summed E-state index contributed by atoms with van der Waals surface area (Å²) in [5.74, 6) is 0.696. The molecular weight excluding hydrogens is 441 g/mol. The highest BCUT2D eigenvalue weighted by molar-refractivity contribution is 6.35. The zero-order chi connectivity index (χ0) is 22.5. The predicted molar refractivity (Wildman–Crippen MR) is 121 cm³/mol. The van der Waals surface area contributed by atoms with E-state index in [0.29, 0.717) is 34.4 Å². The zero-order valence-corrected chi connectivity index (χ0v) is 18.9. The van der Waals surface area contributed by atoms with Crippen LogP contribution in [-0.4, -0.2) is 29.3 Å². The highest BCUT2D eigenvalue weighted by Crippen LogP contribution is 2.40. The molecule has 3 rings (SSSR count). The van der Waals surface area contributed by atoms with Crippen LogP contribution in [0.1, 0.15) is 20.3 Å². The van der Waals surface area contributed by atoms with Crippen molar-refractivity contribution in [2.75, 3.05) is 13.7 Å². The Hall–Kier alpha value is -2.77. The Morgan fingerprint density at radius 1 is 1.19 bits per heavy atom. The number of hydrogen-bond acceptors (Lipinski definition) is 5. The van der Waals surface area contributed by atoms with Crippen molar-refractivity contribution < 1.29 is 19.4 Å². The van der Waals surface area contributed by atoms with E-state index in [0.717, 1.165) is 11.9 Å². The average molecular weight is 464 g/mol. The fourth-order valence-corrected chi connectivity index (χ4v) is 3.47. The second-order valence-electron chi connectivity index (χ2n) is 7.35. The van der Waals surface area contributed by atoms with Gasteiger partial charge in [-0.3, -0.25) is 4.79 Å². The minimum absolute atomic E-state index is 0.0536. The Balaban J connectivity index is 1.84. The lowest BCUT2D eigenvalue weighted by Gasteiger charge is -2.09. The summed E-state index contributed by atoms with van der Waals surface area (Å²) in [6, 6.07) is 10.1. The standard InChI is InChI=1S/C22H23Cl2N3O4/c1-13(2)8-9-27-18-6-5-15(30-3)11-16(18)21(22(27)29)26-25-20(28)12-31-19-7-4-14(23)10-17(19)24/h4-7,10-11,13,29H,8-9,12H2,1-3H3. The molecule has 1 N–H and O–H groups in total. The fourth-order valence-electron chi connectivity index (χ4n) is 3.01. The molecule has 0 saturated carbocycles. The first kappa shape index (κ1) is 22.9. The second kappa shape index (κ2) is 10.0. The smallest absolute Gasteiger partial charge is 0.302 e. The molecule has 0 aliphatic heterocycles. The summed E-state index contributed by atoms with van der Waals surface area (Å²) in [5, 5.41) is 19.9. The van der Waals surface area contributed by atoms with Crippen LogP contribution in [-0.2, 0) is 11.3 Å². The van der Waals surface area contributed by atoms with Crippen molar-refractivity contribution in [3.63, 3.8) is 0 Å². The van der Waals surface area contributed by atoms with E-state index in [1.165, 1.54) is 6.07 Å². The molecule has 0 saturated heterocycles. The van der Waals surface area contributed by atoms with Crippen LogP contribution >= 0.6 is 23.2 Å². The Labute approximate surface area is 190 Å². The van der Waals surface area contributed by atoms with Gasteiger partial charge in [-0.2, -0.15) is 0 Å². The van der Waals surface area contributed by atoms with Crippen molar-refractivity contribution in [2.45, 2.75) is 26.8 Å². The van der Waals surface area contributed by atoms with Crippen LogP contribution in [0.2, 0.25) is 10.0 Å². The molecule has 2 aromatic carbocycles. The number of carbonyl (C=O) groups excluding carboxylic acids is 1. The van der Waals surface area contributed by atoms with Gasteiger partial charge in [-0.1, -0.05) is 37.0 Å². The number of amides is 1. The maximum atomic E-state index is 12.2. The molecule has 0 fully saturated rings. The molecule has 7 nitrogen and oxygen atoms in total. The normalized spacial score (nSPS) is 11.5. The van der Waals surface area contributed by atoms with Crippen LogP contribution in [0, 0.1) is 5.92 Å². The predicted octanol–water partition coefficient (Wildman–Crippen LogP) is 6.40. The number of rotatable bonds is 8. The number of methoxy groups -OCH3 is 1. The van der Waals surface area contributed by atoms with Crippen LogP contribution in [0.5, 0.6) is 17.4 Å². The van der Waals surface area contributed by atoms with Crippen LogP contribution in [0.15, 0.2) is 46.6 Å². The van der Waals surface area contributed by atoms with Gasteiger partial charge in [0.1, 0.15) is 11.5 Å². The number of aromatic hydroxyl groups is 1. The molecular formula is C22H23Cl2N3O4. The molecule has 1 aromatic heterocycles. The maximum Gasteiger partial charge on any atom is 0.302 e. The van der Waals surface area contributed by atoms with Crippen molar-refractivity contribution in [3.8, 4) is 17.4 Å². The van der Waals surface area contributed by atoms with E-state index < -0.39 is 5.91 Å². The molecule has 0 bridgehead atoms. The van der Waals surface area contributed by atoms with E-state index in [4.69, 9.17) is 32.7 Å². The molecule has 164 valence electrons. The summed E-state index contributed by atoms with van der Waals surface area (Å²) in [4.78, 5) is 12.2. The number of benzene rings is 2. The number of hydrogen-bond donors (Lipinski definition) is 1. The van der Waals surface area contributed by atoms with E-state index in [-0.39, 0.29) is 23.2 Å². The van der Waals surface area contributed by atoms with E-state index >= 15 is 0 Å². The zero-order valence-electron chi connectivity index (χ0n) is 17.4. The van der Waals surface area contributed by atoms with E-state index in [9.17, 15) is 9.90 Å². The fraction of sp³-hybridized carbons (Fsp3) is 0.318. The summed E-state index contributed by atoms with van der Waals surface area (Å²) >= 11 is 11.9. The molecule has 3 aromatic rings. The lowest BCUT2D eigenvalue weighted by atomic mass is 10.1. The van der Waals surface area contributed by atoms with Gasteiger partial charge in [0.2, 0.25) is 5.88 Å². The molecule has 9 heteroatoms. The molecule has 1 heterocycles. The summed E-state index contributed by atoms with van der Waals surface area (Å²) in [6.45, 7) is 4.46. The third-order valence-corrected chi connectivity index (χ3v) is 5.18. The van der Waals surface area contributed by atoms with Gasteiger partial charge in [0.25, 0.3) is 0 Å². The van der Waals surface area contributed by atoms with Gasteiger partial charge in [0.15, 0.2) is 12.3 Å². The molecule has 0 spiro atoms. The van der Waals surface area contributed by atoms with Gasteiger partial charge >= 0.3 is 5.91 Å². The number of fused-ring (bicyclic) bond motifs is 1. The highest BCUT2D eigenvalue weighted by atomic mass is 35.5.